The van der Waals surface area contributed by atoms with Gasteiger partial charge in [-0.25, -0.2) is 0 Å². The zero-order chi connectivity index (χ0) is 19.7. The lowest BCUT2D eigenvalue weighted by Crippen LogP contribution is -2.44. The van der Waals surface area contributed by atoms with Crippen molar-refractivity contribution in [2.45, 2.75) is 44.8 Å². The molecule has 2 heterocycles. The smallest absolute Gasteiger partial charge is 0.287 e. The summed E-state index contributed by atoms with van der Waals surface area (Å²) in [4.78, 5) is 13.0. The molecule has 0 fully saturated rings. The third-order valence-corrected chi connectivity index (χ3v) is 5.74. The fraction of sp³-hybridized carbons (Fsp3) is 0.348. The van der Waals surface area contributed by atoms with Gasteiger partial charge in [0.2, 0.25) is 0 Å². The van der Waals surface area contributed by atoms with Crippen LogP contribution in [0.4, 0.5) is 0 Å². The Labute approximate surface area is 164 Å². The van der Waals surface area contributed by atoms with Crippen LogP contribution in [0.25, 0.3) is 11.0 Å². The lowest BCUT2D eigenvalue weighted by molar-refractivity contribution is 0.0225. The molecule has 1 N–H and O–H groups in total. The Morgan fingerprint density at radius 1 is 1.18 bits per heavy atom. The summed E-state index contributed by atoms with van der Waals surface area (Å²) in [6.45, 7) is 4.25. The summed E-state index contributed by atoms with van der Waals surface area (Å²) < 4.78 is 17.5. The molecule has 28 heavy (non-hydrogen) atoms. The van der Waals surface area contributed by atoms with Crippen LogP contribution in [0.3, 0.4) is 0 Å². The Morgan fingerprint density at radius 3 is 2.71 bits per heavy atom. The van der Waals surface area contributed by atoms with Crippen LogP contribution in [0.2, 0.25) is 0 Å². The summed E-state index contributed by atoms with van der Waals surface area (Å²) >= 11 is 0. The second kappa shape index (κ2) is 7.23. The maximum absolute atomic E-state index is 13.0. The highest BCUT2D eigenvalue weighted by molar-refractivity contribution is 5.97. The van der Waals surface area contributed by atoms with Crippen LogP contribution in [0.5, 0.6) is 11.5 Å². The largest absolute Gasteiger partial charge is 0.493 e. The van der Waals surface area contributed by atoms with E-state index in [-0.39, 0.29) is 23.3 Å². The van der Waals surface area contributed by atoms with Crippen molar-refractivity contribution in [1.82, 2.24) is 5.32 Å². The van der Waals surface area contributed by atoms with Crippen molar-refractivity contribution < 1.29 is 18.7 Å². The van der Waals surface area contributed by atoms with Crippen LogP contribution >= 0.6 is 0 Å². The summed E-state index contributed by atoms with van der Waals surface area (Å²) in [7, 11) is 1.59. The monoisotopic (exact) mass is 379 g/mol. The number of benzene rings is 2. The van der Waals surface area contributed by atoms with Crippen LogP contribution in [0.15, 0.2) is 52.9 Å². The average molecular weight is 379 g/mol. The van der Waals surface area contributed by atoms with Gasteiger partial charge >= 0.3 is 0 Å². The zero-order valence-corrected chi connectivity index (χ0v) is 16.5. The standard InChI is InChI=1S/C23H25NO4/c1-4-23(5-2)14-17(16-10-6-7-11-18(16)28-23)24-22(25)20-13-15-9-8-12-19(26-3)21(15)27-20/h6-13,17H,4-5,14H2,1-3H3,(H,24,25)/t17-/m0/s1. The molecule has 2 aromatic carbocycles. The number of methoxy groups -OCH3 is 1. The molecule has 3 aromatic rings. The lowest BCUT2D eigenvalue weighted by atomic mass is 9.83. The van der Waals surface area contributed by atoms with E-state index < -0.39 is 0 Å². The highest BCUT2D eigenvalue weighted by Crippen LogP contribution is 2.42. The molecule has 1 atom stereocenters. The van der Waals surface area contributed by atoms with Crippen molar-refractivity contribution in [3.05, 3.63) is 59.9 Å². The number of para-hydroxylation sites is 2. The van der Waals surface area contributed by atoms with E-state index in [0.29, 0.717) is 11.3 Å². The van der Waals surface area contributed by atoms with Gasteiger partial charge in [-0.3, -0.25) is 4.79 Å². The molecule has 0 bridgehead atoms. The molecule has 1 aliphatic rings. The second-order valence-electron chi connectivity index (χ2n) is 7.25. The number of carbonyl (C=O) groups is 1. The maximum Gasteiger partial charge on any atom is 0.287 e. The predicted molar refractivity (Wildman–Crippen MR) is 108 cm³/mol. The number of amides is 1. The highest BCUT2D eigenvalue weighted by Gasteiger charge is 2.39. The van der Waals surface area contributed by atoms with Gasteiger partial charge in [0, 0.05) is 17.4 Å². The number of rotatable bonds is 5. The van der Waals surface area contributed by atoms with E-state index in [1.807, 2.05) is 42.5 Å². The van der Waals surface area contributed by atoms with E-state index in [2.05, 4.69) is 19.2 Å². The summed E-state index contributed by atoms with van der Waals surface area (Å²) in [5.41, 5.74) is 1.31. The third-order valence-electron chi connectivity index (χ3n) is 5.74. The molecule has 5 nitrogen and oxygen atoms in total. The number of hydrogen-bond acceptors (Lipinski definition) is 4. The maximum atomic E-state index is 13.0. The van der Waals surface area contributed by atoms with Gasteiger partial charge in [0.1, 0.15) is 11.4 Å². The Kier molecular flexibility index (Phi) is 4.75. The number of carbonyl (C=O) groups excluding carboxylic acids is 1. The second-order valence-corrected chi connectivity index (χ2v) is 7.25. The van der Waals surface area contributed by atoms with Gasteiger partial charge in [-0.05, 0) is 31.0 Å². The van der Waals surface area contributed by atoms with Crippen LogP contribution in [0, 0.1) is 0 Å². The quantitative estimate of drug-likeness (QED) is 0.657. The zero-order valence-electron chi connectivity index (χ0n) is 16.5. The van der Waals surface area contributed by atoms with Crippen LogP contribution in [0.1, 0.15) is 55.3 Å². The minimum absolute atomic E-state index is 0.132. The molecule has 146 valence electrons. The van der Waals surface area contributed by atoms with Crippen LogP contribution in [-0.2, 0) is 0 Å². The van der Waals surface area contributed by atoms with E-state index in [4.69, 9.17) is 13.9 Å². The Bertz CT molecular complexity index is 1000. The first kappa shape index (κ1) is 18.4. The molecular formula is C23H25NO4. The van der Waals surface area contributed by atoms with Crippen molar-refractivity contribution >= 4 is 16.9 Å². The number of furan rings is 1. The van der Waals surface area contributed by atoms with Crippen molar-refractivity contribution in [2.24, 2.45) is 0 Å². The predicted octanol–water partition coefficient (Wildman–Crippen LogP) is 5.25. The van der Waals surface area contributed by atoms with E-state index in [1.165, 1.54) is 0 Å². The van der Waals surface area contributed by atoms with Gasteiger partial charge in [0.05, 0.1) is 13.2 Å². The summed E-state index contributed by atoms with van der Waals surface area (Å²) in [6, 6.07) is 15.1. The van der Waals surface area contributed by atoms with Crippen molar-refractivity contribution in [1.29, 1.82) is 0 Å². The molecule has 1 aliphatic heterocycles. The fourth-order valence-electron chi connectivity index (χ4n) is 3.97. The van der Waals surface area contributed by atoms with Gasteiger partial charge in [-0.2, -0.15) is 0 Å². The first-order valence-electron chi connectivity index (χ1n) is 9.74. The Morgan fingerprint density at radius 2 is 1.96 bits per heavy atom. The van der Waals surface area contributed by atoms with E-state index >= 15 is 0 Å². The molecule has 0 unspecified atom stereocenters. The molecule has 0 saturated heterocycles. The molecule has 4 rings (SSSR count). The fourth-order valence-corrected chi connectivity index (χ4v) is 3.97. The topological polar surface area (TPSA) is 60.7 Å². The Balaban J connectivity index is 1.65. The first-order chi connectivity index (χ1) is 13.6. The molecule has 0 radical (unpaired) electrons. The minimum atomic E-state index is -0.274. The molecule has 0 spiro atoms. The highest BCUT2D eigenvalue weighted by atomic mass is 16.5. The van der Waals surface area contributed by atoms with Crippen molar-refractivity contribution in [2.75, 3.05) is 7.11 Å². The number of nitrogens with one attached hydrogen (secondary N) is 1. The SMILES string of the molecule is CCC1(CC)C[C@H](NC(=O)c2cc3cccc(OC)c3o2)c2ccccc2O1. The van der Waals surface area contributed by atoms with E-state index in [1.54, 1.807) is 13.2 Å². The normalized spacial score (nSPS) is 17.6. The van der Waals surface area contributed by atoms with E-state index in [0.717, 1.165) is 36.0 Å². The summed E-state index contributed by atoms with van der Waals surface area (Å²) in [6.07, 6.45) is 2.49. The minimum Gasteiger partial charge on any atom is -0.493 e. The molecule has 1 aromatic heterocycles. The molecule has 5 heteroatoms. The molecule has 1 amide bonds. The van der Waals surface area contributed by atoms with Gasteiger partial charge in [0.25, 0.3) is 5.91 Å². The summed E-state index contributed by atoms with van der Waals surface area (Å²) in [5, 5.41) is 4.00. The third kappa shape index (κ3) is 3.11. The molecular weight excluding hydrogens is 354 g/mol. The number of hydrogen-bond donors (Lipinski definition) is 1. The van der Waals surface area contributed by atoms with Gasteiger partial charge in [0.15, 0.2) is 17.1 Å². The molecule has 0 aliphatic carbocycles. The van der Waals surface area contributed by atoms with Gasteiger partial charge in [-0.1, -0.05) is 44.2 Å². The summed E-state index contributed by atoms with van der Waals surface area (Å²) in [5.74, 6) is 1.50. The van der Waals surface area contributed by atoms with Crippen LogP contribution < -0.4 is 14.8 Å². The van der Waals surface area contributed by atoms with Crippen molar-refractivity contribution in [3.8, 4) is 11.5 Å². The first-order valence-corrected chi connectivity index (χ1v) is 9.74. The average Bonchev–Trinajstić information content (AvgIpc) is 3.18. The van der Waals surface area contributed by atoms with E-state index in [9.17, 15) is 4.79 Å². The Hall–Kier alpha value is -2.95. The number of fused-ring (bicyclic) bond motifs is 2. The van der Waals surface area contributed by atoms with Gasteiger partial charge in [-0.15, -0.1) is 0 Å². The number of ether oxygens (including phenoxy) is 2. The van der Waals surface area contributed by atoms with Crippen LogP contribution in [-0.4, -0.2) is 18.6 Å². The molecule has 0 saturated carbocycles. The lowest BCUT2D eigenvalue weighted by Gasteiger charge is -2.41. The van der Waals surface area contributed by atoms with Crippen molar-refractivity contribution in [3.63, 3.8) is 0 Å². The van der Waals surface area contributed by atoms with Gasteiger partial charge < -0.3 is 19.2 Å².